The van der Waals surface area contributed by atoms with Crippen molar-refractivity contribution in [3.05, 3.63) is 17.8 Å². The predicted octanol–water partition coefficient (Wildman–Crippen LogP) is 0.886. The highest BCUT2D eigenvalue weighted by Crippen LogP contribution is 2.09. The monoisotopic (exact) mass is 136 g/mol. The van der Waals surface area contributed by atoms with E-state index in [0.29, 0.717) is 0 Å². The first-order chi connectivity index (χ1) is 4.47. The molecule has 0 aliphatic heterocycles. The summed E-state index contributed by atoms with van der Waals surface area (Å²) in [6, 6.07) is 0. The highest BCUT2D eigenvalue weighted by atomic mass is 32.1. The molecule has 0 amide bonds. The Morgan fingerprint density at radius 3 is 3.11 bits per heavy atom. The van der Waals surface area contributed by atoms with E-state index in [1.54, 1.807) is 12.4 Å². The molecule has 2 aromatic rings. The van der Waals surface area contributed by atoms with Crippen LogP contribution in [0.1, 0.15) is 0 Å². The summed E-state index contributed by atoms with van der Waals surface area (Å²) < 4.78 is 4.00. The number of nitrogens with zero attached hydrogens (tertiary/aromatic N) is 3. The van der Waals surface area contributed by atoms with Crippen LogP contribution < -0.4 is 0 Å². The third-order valence-electron chi connectivity index (χ3n) is 1.01. The maximum absolute atomic E-state index is 4.00. The smallest absolute Gasteiger partial charge is 0.106 e. The highest BCUT2D eigenvalue weighted by Gasteiger charge is 1.92. The van der Waals surface area contributed by atoms with Gasteiger partial charge in [-0.2, -0.15) is 14.6 Å². The van der Waals surface area contributed by atoms with Crippen LogP contribution in [0.15, 0.2) is 12.4 Å². The second-order valence-electron chi connectivity index (χ2n) is 1.57. The van der Waals surface area contributed by atoms with Crippen LogP contribution in [0.25, 0.3) is 10.9 Å². The zero-order valence-electron chi connectivity index (χ0n) is 4.40. The summed E-state index contributed by atoms with van der Waals surface area (Å²) >= 11 is 1.30. The lowest BCUT2D eigenvalue weighted by atomic mass is 10.4. The third kappa shape index (κ3) is 0.675. The molecule has 0 aliphatic rings. The van der Waals surface area contributed by atoms with Crippen molar-refractivity contribution < 1.29 is 0 Å². The van der Waals surface area contributed by atoms with Crippen molar-refractivity contribution in [2.24, 2.45) is 0 Å². The van der Waals surface area contributed by atoms with Crippen molar-refractivity contribution >= 4 is 22.4 Å². The van der Waals surface area contributed by atoms with Crippen molar-refractivity contribution in [1.29, 1.82) is 0 Å². The van der Waals surface area contributed by atoms with Gasteiger partial charge in [0.1, 0.15) is 5.52 Å². The van der Waals surface area contributed by atoms with E-state index in [-0.39, 0.29) is 0 Å². The molecule has 0 aliphatic carbocycles. The molecule has 9 heavy (non-hydrogen) atoms. The summed E-state index contributed by atoms with van der Waals surface area (Å²) in [7, 11) is 0. The molecule has 43 valence electrons. The number of hydrogen-bond donors (Lipinski definition) is 0. The van der Waals surface area contributed by atoms with Crippen molar-refractivity contribution in [1.82, 2.24) is 14.6 Å². The molecule has 0 N–H and O–H groups in total. The average Bonchev–Trinajstić information content (AvgIpc) is 2.33. The van der Waals surface area contributed by atoms with Crippen molar-refractivity contribution in [2.45, 2.75) is 0 Å². The Morgan fingerprint density at radius 2 is 2.22 bits per heavy atom. The molecule has 0 aromatic carbocycles. The van der Waals surface area contributed by atoms with E-state index in [0.717, 1.165) is 10.9 Å². The minimum Gasteiger partial charge on any atom is -0.190 e. The van der Waals surface area contributed by atoms with Gasteiger partial charge >= 0.3 is 0 Å². The number of rotatable bonds is 0. The molecule has 2 aromatic heterocycles. The molecule has 0 saturated heterocycles. The quantitative estimate of drug-likeness (QED) is 0.539. The number of hydrogen-bond acceptors (Lipinski definition) is 4. The molecule has 4 heteroatoms. The van der Waals surface area contributed by atoms with Crippen LogP contribution in [-0.4, -0.2) is 14.6 Å². The lowest BCUT2D eigenvalue weighted by Gasteiger charge is -1.78. The highest BCUT2D eigenvalue weighted by molar-refractivity contribution is 7.04. The lowest BCUT2D eigenvalue weighted by Crippen LogP contribution is -1.75. The molecule has 0 atom stereocenters. The fourth-order valence-corrected chi connectivity index (χ4v) is 1.13. The first kappa shape index (κ1) is 4.81. The lowest BCUT2D eigenvalue weighted by molar-refractivity contribution is 1.05. The van der Waals surface area contributed by atoms with Crippen LogP contribution in [0.4, 0.5) is 0 Å². The van der Waals surface area contributed by atoms with Gasteiger partial charge in [0, 0.05) is 5.39 Å². The molecular weight excluding hydrogens is 134 g/mol. The molecule has 2 rings (SSSR count). The summed E-state index contributed by atoms with van der Waals surface area (Å²) in [5.41, 5.74) is 0.870. The Morgan fingerprint density at radius 1 is 1.33 bits per heavy atom. The van der Waals surface area contributed by atoms with Gasteiger partial charge in [-0.05, 0) is 11.5 Å². The Balaban J connectivity index is 2.95. The van der Waals surface area contributed by atoms with Gasteiger partial charge in [0.05, 0.1) is 17.8 Å². The van der Waals surface area contributed by atoms with Gasteiger partial charge in [0.15, 0.2) is 0 Å². The minimum atomic E-state index is 0.870. The largest absolute Gasteiger partial charge is 0.190 e. The second kappa shape index (κ2) is 1.73. The van der Waals surface area contributed by atoms with E-state index in [4.69, 9.17) is 0 Å². The molecule has 0 saturated carbocycles. The van der Waals surface area contributed by atoms with Crippen molar-refractivity contribution in [2.75, 3.05) is 0 Å². The van der Waals surface area contributed by atoms with Gasteiger partial charge in [0.2, 0.25) is 0 Å². The van der Waals surface area contributed by atoms with Crippen LogP contribution in [-0.2, 0) is 0 Å². The van der Waals surface area contributed by atoms with E-state index in [1.165, 1.54) is 11.5 Å². The van der Waals surface area contributed by atoms with Gasteiger partial charge in [-0.25, -0.2) is 0 Å². The minimum absolute atomic E-state index is 0.870. The van der Waals surface area contributed by atoms with E-state index < -0.39 is 0 Å². The number of aromatic nitrogens is 3. The normalized spacial score (nSPS) is 10.2. The van der Waals surface area contributed by atoms with Gasteiger partial charge < -0.3 is 0 Å². The molecule has 0 fully saturated rings. The summed E-state index contributed by atoms with van der Waals surface area (Å²) in [6.45, 7) is 0. The maximum Gasteiger partial charge on any atom is 0.106 e. The van der Waals surface area contributed by atoms with Crippen LogP contribution in [0.3, 0.4) is 0 Å². The second-order valence-corrected chi connectivity index (χ2v) is 2.14. The Kier molecular flexibility index (Phi) is 0.927. The summed E-state index contributed by atoms with van der Waals surface area (Å²) in [5.74, 6) is 0. The molecular formula is C5H2N3S. The maximum atomic E-state index is 4.00. The van der Waals surface area contributed by atoms with Crippen LogP contribution in [0, 0.1) is 5.38 Å². The predicted molar refractivity (Wildman–Crippen MR) is 34.0 cm³/mol. The molecule has 3 nitrogen and oxygen atoms in total. The molecule has 1 radical (unpaired) electrons. The van der Waals surface area contributed by atoms with E-state index in [2.05, 4.69) is 20.0 Å². The summed E-state index contributed by atoms with van der Waals surface area (Å²) in [6.07, 6.45) is 3.28. The fraction of sp³-hybridized carbons (Fsp3) is 0. The topological polar surface area (TPSA) is 38.7 Å². The summed E-state index contributed by atoms with van der Waals surface area (Å²) in [4.78, 5) is 0. The van der Waals surface area contributed by atoms with Gasteiger partial charge in [-0.3, -0.25) is 0 Å². The van der Waals surface area contributed by atoms with Crippen LogP contribution in [0.2, 0.25) is 0 Å². The average molecular weight is 136 g/mol. The van der Waals surface area contributed by atoms with E-state index in [9.17, 15) is 0 Å². The first-order valence-corrected chi connectivity index (χ1v) is 3.18. The zero-order valence-corrected chi connectivity index (χ0v) is 5.22. The van der Waals surface area contributed by atoms with Crippen molar-refractivity contribution in [3.63, 3.8) is 0 Å². The van der Waals surface area contributed by atoms with E-state index in [1.807, 2.05) is 0 Å². The SMILES string of the molecule is [c]1snc2cnncc12. The first-order valence-electron chi connectivity index (χ1n) is 2.40. The fourth-order valence-electron chi connectivity index (χ4n) is 0.587. The van der Waals surface area contributed by atoms with Gasteiger partial charge in [-0.1, -0.05) is 0 Å². The molecule has 2 heterocycles. The van der Waals surface area contributed by atoms with Crippen molar-refractivity contribution in [3.8, 4) is 0 Å². The van der Waals surface area contributed by atoms with Crippen LogP contribution in [0.5, 0.6) is 0 Å². The zero-order chi connectivity index (χ0) is 6.10. The Bertz CT molecular complexity index is 286. The van der Waals surface area contributed by atoms with E-state index >= 15 is 0 Å². The molecule has 0 spiro atoms. The standard InChI is InChI=1S/C5H2N3S/c1-4-3-9-8-5(4)2-7-6-1/h1-2H. The Labute approximate surface area is 55.5 Å². The molecule has 0 unspecified atom stereocenters. The molecule has 0 bridgehead atoms. The van der Waals surface area contributed by atoms with Gasteiger partial charge in [-0.15, -0.1) is 0 Å². The Hall–Kier alpha value is -1.03. The number of fused-ring (bicyclic) bond motifs is 1. The van der Waals surface area contributed by atoms with Crippen LogP contribution >= 0.6 is 11.5 Å². The summed E-state index contributed by atoms with van der Waals surface area (Å²) in [5, 5.41) is 11.2. The third-order valence-corrected chi connectivity index (χ3v) is 1.61. The van der Waals surface area contributed by atoms with Gasteiger partial charge in [0.25, 0.3) is 0 Å².